The van der Waals surface area contributed by atoms with Gasteiger partial charge in [-0.15, -0.1) is 0 Å². The minimum atomic E-state index is -0.0958. The Kier molecular flexibility index (Phi) is 2.07. The molecule has 1 aromatic heterocycles. The Balaban J connectivity index is 3.01. The summed E-state index contributed by atoms with van der Waals surface area (Å²) in [6.07, 6.45) is 0. The van der Waals surface area contributed by atoms with Crippen molar-refractivity contribution in [3.8, 4) is 5.75 Å². The smallest absolute Gasteiger partial charge is 0.329 e. The van der Waals surface area contributed by atoms with Gasteiger partial charge in [0.2, 0.25) is 0 Å². The number of nitrogens with zero attached hydrogens (tertiary/aromatic N) is 2. The summed E-state index contributed by atoms with van der Waals surface area (Å²) in [5.41, 5.74) is 1.27. The number of phenols is 1. The lowest BCUT2D eigenvalue weighted by Gasteiger charge is -2.06. The average Bonchev–Trinajstić information content (AvgIpc) is 2.41. The van der Waals surface area contributed by atoms with Gasteiger partial charge >= 0.3 is 5.69 Å². The molecule has 0 atom stereocenters. The largest absolute Gasteiger partial charge is 0.506 e. The van der Waals surface area contributed by atoms with Crippen molar-refractivity contribution in [3.05, 3.63) is 28.7 Å². The van der Waals surface area contributed by atoms with Crippen molar-refractivity contribution in [1.29, 1.82) is 0 Å². The van der Waals surface area contributed by atoms with E-state index in [0.29, 0.717) is 5.52 Å². The Morgan fingerprint density at radius 1 is 1.33 bits per heavy atom. The average molecular weight is 206 g/mol. The number of aromatic hydroxyl groups is 1. The number of benzene rings is 1. The lowest BCUT2D eigenvalue weighted by Crippen LogP contribution is -2.23. The first-order chi connectivity index (χ1) is 7.04. The van der Waals surface area contributed by atoms with Crippen LogP contribution in [0.2, 0.25) is 0 Å². The van der Waals surface area contributed by atoms with E-state index in [1.54, 1.807) is 23.7 Å². The molecule has 1 aromatic carbocycles. The molecule has 4 nitrogen and oxygen atoms in total. The third kappa shape index (κ3) is 1.25. The highest BCUT2D eigenvalue weighted by atomic mass is 16.3. The molecular formula is C11H14N2O2. The van der Waals surface area contributed by atoms with E-state index in [1.165, 1.54) is 4.57 Å². The van der Waals surface area contributed by atoms with Crippen LogP contribution in [0.1, 0.15) is 19.9 Å². The molecule has 15 heavy (non-hydrogen) atoms. The van der Waals surface area contributed by atoms with Gasteiger partial charge in [0.05, 0.1) is 5.52 Å². The van der Waals surface area contributed by atoms with Crippen LogP contribution in [0, 0.1) is 0 Å². The summed E-state index contributed by atoms with van der Waals surface area (Å²) in [4.78, 5) is 11.9. The minimum absolute atomic E-state index is 0.0861. The van der Waals surface area contributed by atoms with Gasteiger partial charge in [-0.05, 0) is 26.0 Å². The molecule has 1 heterocycles. The third-order valence-electron chi connectivity index (χ3n) is 2.60. The molecule has 80 valence electrons. The van der Waals surface area contributed by atoms with Crippen molar-refractivity contribution >= 4 is 11.0 Å². The third-order valence-corrected chi connectivity index (χ3v) is 2.60. The molecule has 0 amide bonds. The Hall–Kier alpha value is -1.71. The normalized spacial score (nSPS) is 11.5. The maximum Gasteiger partial charge on any atom is 0.329 e. The molecule has 0 fully saturated rings. The second-order valence-electron chi connectivity index (χ2n) is 3.95. The number of fused-ring (bicyclic) bond motifs is 1. The van der Waals surface area contributed by atoms with Gasteiger partial charge in [0.1, 0.15) is 11.3 Å². The highest BCUT2D eigenvalue weighted by Crippen LogP contribution is 2.24. The van der Waals surface area contributed by atoms with E-state index in [1.807, 2.05) is 19.9 Å². The number of rotatable bonds is 1. The maximum atomic E-state index is 11.9. The summed E-state index contributed by atoms with van der Waals surface area (Å²) in [6, 6.07) is 5.27. The number of imidazole rings is 1. The van der Waals surface area contributed by atoms with Crippen LogP contribution in [0.25, 0.3) is 11.0 Å². The number of para-hydroxylation sites is 1. The second kappa shape index (κ2) is 3.15. The van der Waals surface area contributed by atoms with Gasteiger partial charge in [0.15, 0.2) is 0 Å². The molecule has 0 aliphatic rings. The number of hydrogen-bond acceptors (Lipinski definition) is 2. The Bertz CT molecular complexity index is 564. The van der Waals surface area contributed by atoms with Gasteiger partial charge in [-0.2, -0.15) is 0 Å². The molecule has 0 aliphatic heterocycles. The molecule has 0 aliphatic carbocycles. The Morgan fingerprint density at radius 3 is 2.60 bits per heavy atom. The van der Waals surface area contributed by atoms with Crippen molar-refractivity contribution in [2.24, 2.45) is 7.05 Å². The summed E-state index contributed by atoms with van der Waals surface area (Å²) in [5.74, 6) is 0.145. The van der Waals surface area contributed by atoms with E-state index in [9.17, 15) is 9.90 Å². The van der Waals surface area contributed by atoms with Crippen LogP contribution in [0.5, 0.6) is 5.75 Å². The van der Waals surface area contributed by atoms with Gasteiger partial charge in [-0.3, -0.25) is 9.13 Å². The molecule has 2 rings (SSSR count). The van der Waals surface area contributed by atoms with E-state index < -0.39 is 0 Å². The SMILES string of the molecule is CC(C)n1c(=O)n(C)c2c(O)cccc21. The van der Waals surface area contributed by atoms with E-state index in [0.717, 1.165) is 5.52 Å². The number of aryl methyl sites for hydroxylation is 1. The molecule has 0 spiro atoms. The molecule has 4 heteroatoms. The fourth-order valence-corrected chi connectivity index (χ4v) is 1.92. The van der Waals surface area contributed by atoms with Gasteiger partial charge in [-0.1, -0.05) is 6.07 Å². The molecule has 1 N–H and O–H groups in total. The lowest BCUT2D eigenvalue weighted by molar-refractivity contribution is 0.478. The highest BCUT2D eigenvalue weighted by Gasteiger charge is 2.14. The second-order valence-corrected chi connectivity index (χ2v) is 3.95. The Morgan fingerprint density at radius 2 is 2.00 bits per heavy atom. The van der Waals surface area contributed by atoms with Crippen LogP contribution in [0.3, 0.4) is 0 Å². The number of hydrogen-bond donors (Lipinski definition) is 1. The standard InChI is InChI=1S/C11H14N2O2/c1-7(2)13-8-5-4-6-9(14)10(8)12(3)11(13)15/h4-7,14H,1-3H3. The Labute approximate surface area is 87.4 Å². The van der Waals surface area contributed by atoms with Gasteiger partial charge < -0.3 is 5.11 Å². The van der Waals surface area contributed by atoms with Crippen LogP contribution in [-0.2, 0) is 7.05 Å². The molecule has 0 bridgehead atoms. The van der Waals surface area contributed by atoms with Crippen molar-refractivity contribution in [3.63, 3.8) is 0 Å². The van der Waals surface area contributed by atoms with Gasteiger partial charge in [0.25, 0.3) is 0 Å². The first-order valence-corrected chi connectivity index (χ1v) is 4.93. The molecule has 0 saturated carbocycles. The lowest BCUT2D eigenvalue weighted by atomic mass is 10.2. The zero-order valence-corrected chi connectivity index (χ0v) is 9.06. The van der Waals surface area contributed by atoms with Gasteiger partial charge in [0, 0.05) is 13.1 Å². The van der Waals surface area contributed by atoms with Crippen LogP contribution in [0.15, 0.2) is 23.0 Å². The molecule has 0 saturated heterocycles. The van der Waals surface area contributed by atoms with Crippen molar-refractivity contribution in [2.75, 3.05) is 0 Å². The minimum Gasteiger partial charge on any atom is -0.506 e. The molecule has 2 aromatic rings. The summed E-state index contributed by atoms with van der Waals surface area (Å²) in [7, 11) is 1.67. The summed E-state index contributed by atoms with van der Waals surface area (Å²) < 4.78 is 3.15. The molecular weight excluding hydrogens is 192 g/mol. The van der Waals surface area contributed by atoms with E-state index in [2.05, 4.69) is 0 Å². The summed E-state index contributed by atoms with van der Waals surface area (Å²) in [5, 5.41) is 9.70. The fraction of sp³-hybridized carbons (Fsp3) is 0.364. The van der Waals surface area contributed by atoms with Crippen LogP contribution in [-0.4, -0.2) is 14.2 Å². The van der Waals surface area contributed by atoms with E-state index in [-0.39, 0.29) is 17.5 Å². The van der Waals surface area contributed by atoms with Gasteiger partial charge in [-0.25, -0.2) is 4.79 Å². The number of aromatic nitrogens is 2. The fourth-order valence-electron chi connectivity index (χ4n) is 1.92. The predicted octanol–water partition coefficient (Wildman–Crippen LogP) is 1.63. The van der Waals surface area contributed by atoms with Crippen LogP contribution < -0.4 is 5.69 Å². The van der Waals surface area contributed by atoms with E-state index >= 15 is 0 Å². The summed E-state index contributed by atoms with van der Waals surface area (Å²) >= 11 is 0. The molecule has 0 radical (unpaired) electrons. The first-order valence-electron chi connectivity index (χ1n) is 4.93. The highest BCUT2D eigenvalue weighted by molar-refractivity contribution is 5.82. The monoisotopic (exact) mass is 206 g/mol. The first kappa shape index (κ1) is 9.83. The number of phenolic OH excluding ortho intramolecular Hbond substituents is 1. The quantitative estimate of drug-likeness (QED) is 0.770. The van der Waals surface area contributed by atoms with Crippen LogP contribution >= 0.6 is 0 Å². The topological polar surface area (TPSA) is 47.2 Å². The van der Waals surface area contributed by atoms with Crippen molar-refractivity contribution in [2.45, 2.75) is 19.9 Å². The summed E-state index contributed by atoms with van der Waals surface area (Å²) in [6.45, 7) is 3.90. The maximum absolute atomic E-state index is 11.9. The zero-order valence-electron chi connectivity index (χ0n) is 9.06. The molecule has 0 unspecified atom stereocenters. The van der Waals surface area contributed by atoms with E-state index in [4.69, 9.17) is 0 Å². The van der Waals surface area contributed by atoms with Crippen LogP contribution in [0.4, 0.5) is 0 Å². The predicted molar refractivity (Wildman–Crippen MR) is 59.2 cm³/mol. The van der Waals surface area contributed by atoms with Crippen molar-refractivity contribution < 1.29 is 5.11 Å². The zero-order chi connectivity index (χ0) is 11.2. The van der Waals surface area contributed by atoms with Crippen molar-refractivity contribution in [1.82, 2.24) is 9.13 Å².